The van der Waals surface area contributed by atoms with Gasteiger partial charge >= 0.3 is 5.76 Å². The maximum absolute atomic E-state index is 11.7. The minimum absolute atomic E-state index is 0.342. The Bertz CT molecular complexity index is 600. The van der Waals surface area contributed by atoms with Crippen molar-refractivity contribution in [3.8, 4) is 0 Å². The largest absolute Gasteiger partial charge is 0.419 e. The summed E-state index contributed by atoms with van der Waals surface area (Å²) in [5.41, 5.74) is 7.50. The highest BCUT2D eigenvalue weighted by Crippen LogP contribution is 2.22. The highest BCUT2D eigenvalue weighted by molar-refractivity contribution is 5.73. The minimum Gasteiger partial charge on any atom is -0.408 e. The Morgan fingerprint density at radius 3 is 2.95 bits per heavy atom. The molecule has 0 amide bonds. The summed E-state index contributed by atoms with van der Waals surface area (Å²) in [6, 6.07) is 5.41. The third-order valence-electron chi connectivity index (χ3n) is 3.21. The molecule has 0 saturated heterocycles. The normalized spacial score (nSPS) is 13.0. The molecule has 3 N–H and O–H groups in total. The van der Waals surface area contributed by atoms with Gasteiger partial charge in [-0.3, -0.25) is 4.57 Å². The van der Waals surface area contributed by atoms with Gasteiger partial charge in [0.25, 0.3) is 0 Å². The van der Waals surface area contributed by atoms with Gasteiger partial charge in [0, 0.05) is 6.54 Å². The summed E-state index contributed by atoms with van der Waals surface area (Å²) < 4.78 is 6.83. The molecular weight excluding hydrogens is 244 g/mol. The van der Waals surface area contributed by atoms with E-state index in [0.717, 1.165) is 23.9 Å². The molecule has 0 aliphatic heterocycles. The van der Waals surface area contributed by atoms with Crippen molar-refractivity contribution < 1.29 is 9.52 Å². The Kier molecular flexibility index (Phi) is 4.39. The zero-order chi connectivity index (χ0) is 13.8. The van der Waals surface area contributed by atoms with Crippen molar-refractivity contribution in [1.82, 2.24) is 4.57 Å². The SMILES string of the molecule is CCCn1c(=O)oc2cc(C(O)CCCN)ccc21. The van der Waals surface area contributed by atoms with Gasteiger partial charge in [0.2, 0.25) is 0 Å². The molecular formula is C14H20N2O3. The number of benzene rings is 1. The van der Waals surface area contributed by atoms with E-state index in [0.29, 0.717) is 25.1 Å². The number of aromatic nitrogens is 1. The van der Waals surface area contributed by atoms with Crippen LogP contribution < -0.4 is 11.5 Å². The van der Waals surface area contributed by atoms with Crippen LogP contribution in [-0.4, -0.2) is 16.2 Å². The van der Waals surface area contributed by atoms with E-state index < -0.39 is 6.10 Å². The lowest BCUT2D eigenvalue weighted by atomic mass is 10.0. The van der Waals surface area contributed by atoms with Crippen LogP contribution in [0.15, 0.2) is 27.4 Å². The first-order valence-corrected chi connectivity index (χ1v) is 6.68. The summed E-state index contributed by atoms with van der Waals surface area (Å²) in [6.45, 7) is 3.21. The Morgan fingerprint density at radius 1 is 1.47 bits per heavy atom. The van der Waals surface area contributed by atoms with E-state index >= 15 is 0 Å². The summed E-state index contributed by atoms with van der Waals surface area (Å²) in [5.74, 6) is -0.342. The zero-order valence-corrected chi connectivity index (χ0v) is 11.1. The van der Waals surface area contributed by atoms with Gasteiger partial charge in [-0.25, -0.2) is 4.79 Å². The fraction of sp³-hybridized carbons (Fsp3) is 0.500. The van der Waals surface area contributed by atoms with Crippen molar-refractivity contribution in [3.63, 3.8) is 0 Å². The molecule has 19 heavy (non-hydrogen) atoms. The average molecular weight is 264 g/mol. The van der Waals surface area contributed by atoms with Gasteiger partial charge in [-0.1, -0.05) is 13.0 Å². The van der Waals surface area contributed by atoms with Crippen LogP contribution in [0.4, 0.5) is 0 Å². The molecule has 5 nitrogen and oxygen atoms in total. The number of nitrogens with two attached hydrogens (primary N) is 1. The fourth-order valence-electron chi connectivity index (χ4n) is 2.20. The smallest absolute Gasteiger partial charge is 0.408 e. The van der Waals surface area contributed by atoms with Crippen LogP contribution in [0.25, 0.3) is 11.1 Å². The molecule has 1 heterocycles. The van der Waals surface area contributed by atoms with Gasteiger partial charge in [0.05, 0.1) is 11.6 Å². The number of aliphatic hydroxyl groups is 1. The van der Waals surface area contributed by atoms with E-state index in [2.05, 4.69) is 0 Å². The topological polar surface area (TPSA) is 81.4 Å². The molecule has 0 radical (unpaired) electrons. The van der Waals surface area contributed by atoms with E-state index in [9.17, 15) is 9.90 Å². The molecule has 1 unspecified atom stereocenters. The van der Waals surface area contributed by atoms with Crippen molar-refractivity contribution in [1.29, 1.82) is 0 Å². The third-order valence-corrected chi connectivity index (χ3v) is 3.21. The third kappa shape index (κ3) is 2.88. The predicted molar refractivity (Wildman–Crippen MR) is 74.0 cm³/mol. The van der Waals surface area contributed by atoms with Crippen LogP contribution in [0, 0.1) is 0 Å². The van der Waals surface area contributed by atoms with Crippen LogP contribution in [0.2, 0.25) is 0 Å². The number of fused-ring (bicyclic) bond motifs is 1. The van der Waals surface area contributed by atoms with E-state index in [1.807, 2.05) is 19.1 Å². The monoisotopic (exact) mass is 264 g/mol. The number of aliphatic hydroxyl groups excluding tert-OH is 1. The van der Waals surface area contributed by atoms with Gasteiger partial charge in [-0.05, 0) is 43.5 Å². The first-order valence-electron chi connectivity index (χ1n) is 6.68. The fourth-order valence-corrected chi connectivity index (χ4v) is 2.20. The van der Waals surface area contributed by atoms with Gasteiger partial charge < -0.3 is 15.3 Å². The van der Waals surface area contributed by atoms with Crippen LogP contribution in [-0.2, 0) is 6.54 Å². The zero-order valence-electron chi connectivity index (χ0n) is 11.1. The Labute approximate surface area is 111 Å². The van der Waals surface area contributed by atoms with Crippen molar-refractivity contribution in [2.75, 3.05) is 6.54 Å². The lowest BCUT2D eigenvalue weighted by Gasteiger charge is -2.10. The minimum atomic E-state index is -0.562. The Morgan fingerprint density at radius 2 is 2.26 bits per heavy atom. The second kappa shape index (κ2) is 6.04. The van der Waals surface area contributed by atoms with E-state index in [4.69, 9.17) is 10.2 Å². The molecule has 104 valence electrons. The standard InChI is InChI=1S/C14H20N2O3/c1-2-8-16-11-6-5-10(12(17)4-3-7-15)9-13(11)19-14(16)18/h5-6,9,12,17H,2-4,7-8,15H2,1H3. The van der Waals surface area contributed by atoms with Gasteiger partial charge in [0.15, 0.2) is 5.58 Å². The van der Waals surface area contributed by atoms with Gasteiger partial charge in [-0.2, -0.15) is 0 Å². The van der Waals surface area contributed by atoms with E-state index in [1.54, 1.807) is 10.6 Å². The van der Waals surface area contributed by atoms with Gasteiger partial charge in [-0.15, -0.1) is 0 Å². The maximum Gasteiger partial charge on any atom is 0.419 e. The molecule has 0 saturated carbocycles. The lowest BCUT2D eigenvalue weighted by Crippen LogP contribution is -2.13. The molecule has 0 fully saturated rings. The van der Waals surface area contributed by atoms with Crippen LogP contribution in [0.5, 0.6) is 0 Å². The molecule has 0 aliphatic carbocycles. The number of hydrogen-bond donors (Lipinski definition) is 2. The Hall–Kier alpha value is -1.59. The maximum atomic E-state index is 11.7. The van der Waals surface area contributed by atoms with Crippen LogP contribution in [0.3, 0.4) is 0 Å². The van der Waals surface area contributed by atoms with Gasteiger partial charge in [0.1, 0.15) is 0 Å². The molecule has 1 aromatic carbocycles. The summed E-state index contributed by atoms with van der Waals surface area (Å²) >= 11 is 0. The first kappa shape index (κ1) is 13.8. The second-order valence-corrected chi connectivity index (χ2v) is 4.69. The van der Waals surface area contributed by atoms with E-state index in [-0.39, 0.29) is 5.76 Å². The number of oxazole rings is 1. The predicted octanol–water partition coefficient (Wildman–Crippen LogP) is 1.78. The number of aryl methyl sites for hydroxylation is 1. The number of rotatable bonds is 6. The number of hydrogen-bond acceptors (Lipinski definition) is 4. The summed E-state index contributed by atoms with van der Waals surface area (Å²) in [6.07, 6.45) is 1.69. The lowest BCUT2D eigenvalue weighted by molar-refractivity contribution is 0.165. The highest BCUT2D eigenvalue weighted by atomic mass is 16.4. The summed E-state index contributed by atoms with van der Waals surface area (Å²) in [4.78, 5) is 11.7. The molecule has 0 aliphatic rings. The Balaban J connectivity index is 2.34. The molecule has 1 atom stereocenters. The van der Waals surface area contributed by atoms with Crippen molar-refractivity contribution in [3.05, 3.63) is 34.3 Å². The summed E-state index contributed by atoms with van der Waals surface area (Å²) in [5, 5.41) is 10.0. The summed E-state index contributed by atoms with van der Waals surface area (Å²) in [7, 11) is 0. The van der Waals surface area contributed by atoms with E-state index in [1.165, 1.54) is 0 Å². The number of nitrogens with zero attached hydrogens (tertiary/aromatic N) is 1. The first-order chi connectivity index (χ1) is 9.17. The molecule has 2 rings (SSSR count). The van der Waals surface area contributed by atoms with Crippen LogP contribution in [0.1, 0.15) is 37.9 Å². The molecule has 1 aromatic heterocycles. The molecule has 5 heteroatoms. The van der Waals surface area contributed by atoms with Crippen molar-refractivity contribution in [2.24, 2.45) is 5.73 Å². The van der Waals surface area contributed by atoms with Crippen molar-refractivity contribution >= 4 is 11.1 Å². The highest BCUT2D eigenvalue weighted by Gasteiger charge is 2.12. The molecule has 0 bridgehead atoms. The van der Waals surface area contributed by atoms with Crippen LogP contribution >= 0.6 is 0 Å². The average Bonchev–Trinajstić information content (AvgIpc) is 2.72. The molecule has 2 aromatic rings. The quantitative estimate of drug-likeness (QED) is 0.833. The van der Waals surface area contributed by atoms with Crippen molar-refractivity contribution in [2.45, 2.75) is 38.8 Å². The molecule has 0 spiro atoms. The second-order valence-electron chi connectivity index (χ2n) is 4.69.